The van der Waals surface area contributed by atoms with Gasteiger partial charge in [0.1, 0.15) is 0 Å². The van der Waals surface area contributed by atoms with Gasteiger partial charge < -0.3 is 4.57 Å². The lowest BCUT2D eigenvalue weighted by Gasteiger charge is -2.34. The second-order valence-electron chi connectivity index (χ2n) is 21.5. The van der Waals surface area contributed by atoms with Crippen molar-refractivity contribution in [2.45, 2.75) is 41.5 Å². The maximum Gasteiger partial charge on any atom is 0.179 e. The van der Waals surface area contributed by atoms with E-state index in [0.29, 0.717) is 17.5 Å². The summed E-state index contributed by atoms with van der Waals surface area (Å²) in [5.74, 6) is 1.81. The van der Waals surface area contributed by atoms with E-state index in [4.69, 9.17) is 15.0 Å². The molecule has 4 nitrogen and oxygen atoms in total. The van der Waals surface area contributed by atoms with E-state index >= 15 is 0 Å². The van der Waals surface area contributed by atoms with Gasteiger partial charge in [-0.05, 0) is 154 Å². The number of benzene rings is 11. The van der Waals surface area contributed by atoms with Crippen molar-refractivity contribution in [3.05, 3.63) is 288 Å². The molecule has 0 saturated heterocycles. The SMILES string of the molecule is Cc1cc(C)c(-c2ccc3c(c2)c2cc(-c4c(C)cc(C)cc4C)ccc2n3-c2ccc(-c3cccc([Si](c4ccccc4)(c4ccccc4)c4ccccc4)c3)cc2-c2nc(-c3ccccc3)nc(-c3ccccc3)n2)c(C)c1. The van der Waals surface area contributed by atoms with Crippen molar-refractivity contribution in [1.29, 1.82) is 0 Å². The Hall–Kier alpha value is -9.55. The van der Waals surface area contributed by atoms with E-state index in [2.05, 4.69) is 264 Å². The van der Waals surface area contributed by atoms with Gasteiger partial charge in [0.25, 0.3) is 0 Å². The predicted molar refractivity (Wildman–Crippen MR) is 339 cm³/mol. The van der Waals surface area contributed by atoms with Crippen LogP contribution in [0.1, 0.15) is 33.4 Å². The van der Waals surface area contributed by atoms with Crippen LogP contribution in [-0.4, -0.2) is 27.6 Å². The van der Waals surface area contributed by atoms with Crippen LogP contribution in [0.2, 0.25) is 0 Å². The van der Waals surface area contributed by atoms with Gasteiger partial charge in [0, 0.05) is 27.5 Å². The summed E-state index contributed by atoms with van der Waals surface area (Å²) in [6, 6.07) is 93.5. The lowest BCUT2D eigenvalue weighted by atomic mass is 9.91. The Bertz CT molecular complexity index is 4140. The fraction of sp³-hybridized carbons (Fsp3) is 0.0800. The molecule has 0 aliphatic heterocycles. The summed E-state index contributed by atoms with van der Waals surface area (Å²) in [6.07, 6.45) is 0. The van der Waals surface area contributed by atoms with Gasteiger partial charge in [0.05, 0.1) is 16.7 Å². The largest absolute Gasteiger partial charge is 0.308 e. The van der Waals surface area contributed by atoms with Gasteiger partial charge in [0.2, 0.25) is 0 Å². The van der Waals surface area contributed by atoms with Crippen LogP contribution in [-0.2, 0) is 0 Å². The van der Waals surface area contributed by atoms with Crippen molar-refractivity contribution in [2.75, 3.05) is 0 Å². The summed E-state index contributed by atoms with van der Waals surface area (Å²) in [7, 11) is -2.86. The second-order valence-corrected chi connectivity index (χ2v) is 25.4. The molecule has 80 heavy (non-hydrogen) atoms. The molecule has 0 fully saturated rings. The van der Waals surface area contributed by atoms with Gasteiger partial charge in [-0.1, -0.05) is 230 Å². The number of rotatable bonds is 11. The number of hydrogen-bond acceptors (Lipinski definition) is 3. The summed E-state index contributed by atoms with van der Waals surface area (Å²) in [6.45, 7) is 13.3. The van der Waals surface area contributed by atoms with Gasteiger partial charge in [-0.15, -0.1) is 0 Å². The minimum absolute atomic E-state index is 0.590. The van der Waals surface area contributed by atoms with Crippen LogP contribution in [0.15, 0.2) is 255 Å². The number of aryl methyl sites for hydroxylation is 6. The molecular formula is C75H60N4Si. The lowest BCUT2D eigenvalue weighted by Crippen LogP contribution is -2.74. The molecule has 13 rings (SSSR count). The topological polar surface area (TPSA) is 43.6 Å². The Kier molecular flexibility index (Phi) is 12.9. The minimum atomic E-state index is -2.86. The Morgan fingerprint density at radius 2 is 0.650 bits per heavy atom. The summed E-state index contributed by atoms with van der Waals surface area (Å²) >= 11 is 0. The van der Waals surface area contributed by atoms with Crippen molar-refractivity contribution in [3.8, 4) is 73.2 Å². The summed E-state index contributed by atoms with van der Waals surface area (Å²) < 4.78 is 2.45. The molecule has 13 aromatic rings. The fourth-order valence-corrected chi connectivity index (χ4v) is 17.7. The van der Waals surface area contributed by atoms with E-state index in [1.807, 2.05) is 36.4 Å². The number of fused-ring (bicyclic) bond motifs is 3. The van der Waals surface area contributed by atoms with E-state index in [-0.39, 0.29) is 0 Å². The van der Waals surface area contributed by atoms with Gasteiger partial charge >= 0.3 is 0 Å². The smallest absolute Gasteiger partial charge is 0.179 e. The molecule has 384 valence electrons. The first kappa shape index (κ1) is 50.0. The summed E-state index contributed by atoms with van der Waals surface area (Å²) in [5, 5.41) is 7.65. The second kappa shape index (κ2) is 20.7. The van der Waals surface area contributed by atoms with E-state index in [1.165, 1.54) is 87.2 Å². The standard InChI is InChI=1S/C75H60N4Si/c1-49-41-51(3)71(52(4)42-49)59-36-39-68-65(47-59)66-48-60(72-53(5)43-50(2)44-54(72)6)37-40-69(66)79(68)70-38-35-58(46-67(70)75-77-73(55-23-12-7-13-24-55)76-74(78-75)56-25-14-8-15-26-56)57-27-22-34-64(45-57)80(61-28-16-9-17-29-61,62-30-18-10-19-31-62)63-32-20-11-21-33-63/h7-48H,1-6H3. The van der Waals surface area contributed by atoms with Crippen LogP contribution >= 0.6 is 0 Å². The first-order valence-electron chi connectivity index (χ1n) is 27.7. The predicted octanol–water partition coefficient (Wildman–Crippen LogP) is 16.2. The molecule has 0 unspecified atom stereocenters. The Morgan fingerprint density at radius 3 is 1.09 bits per heavy atom. The van der Waals surface area contributed by atoms with Gasteiger partial charge in [-0.2, -0.15) is 0 Å². The number of nitrogens with zero attached hydrogens (tertiary/aromatic N) is 4. The zero-order valence-electron chi connectivity index (χ0n) is 46.0. The molecule has 0 amide bonds. The molecular weight excluding hydrogens is 985 g/mol. The average molecular weight is 1050 g/mol. The van der Waals surface area contributed by atoms with Crippen LogP contribution in [0.3, 0.4) is 0 Å². The van der Waals surface area contributed by atoms with E-state index in [9.17, 15) is 0 Å². The van der Waals surface area contributed by atoms with E-state index in [1.54, 1.807) is 0 Å². The maximum atomic E-state index is 5.47. The van der Waals surface area contributed by atoms with Gasteiger partial charge in [-0.25, -0.2) is 15.0 Å². The van der Waals surface area contributed by atoms with Crippen molar-refractivity contribution >= 4 is 50.6 Å². The molecule has 5 heteroatoms. The first-order chi connectivity index (χ1) is 39.1. The van der Waals surface area contributed by atoms with Crippen molar-refractivity contribution in [1.82, 2.24) is 19.5 Å². The molecule has 0 bridgehead atoms. The third-order valence-electron chi connectivity index (χ3n) is 16.1. The Labute approximate surface area is 470 Å². The maximum absolute atomic E-state index is 5.47. The van der Waals surface area contributed by atoms with Crippen molar-refractivity contribution < 1.29 is 0 Å². The lowest BCUT2D eigenvalue weighted by molar-refractivity contribution is 1.06. The van der Waals surface area contributed by atoms with Gasteiger partial charge in [-0.3, -0.25) is 0 Å². The monoisotopic (exact) mass is 1040 g/mol. The molecule has 0 aliphatic rings. The number of aromatic nitrogens is 4. The highest BCUT2D eigenvalue weighted by Crippen LogP contribution is 2.42. The first-order valence-corrected chi connectivity index (χ1v) is 29.7. The molecule has 2 heterocycles. The highest BCUT2D eigenvalue weighted by atomic mass is 28.3. The third-order valence-corrected chi connectivity index (χ3v) is 20.9. The van der Waals surface area contributed by atoms with Crippen LogP contribution in [0.4, 0.5) is 0 Å². The zero-order chi connectivity index (χ0) is 54.5. The third kappa shape index (κ3) is 8.86. The molecule has 0 aliphatic carbocycles. The van der Waals surface area contributed by atoms with Gasteiger partial charge in [0.15, 0.2) is 25.5 Å². The highest BCUT2D eigenvalue weighted by Gasteiger charge is 2.41. The van der Waals surface area contributed by atoms with Crippen LogP contribution in [0.5, 0.6) is 0 Å². The highest BCUT2D eigenvalue weighted by molar-refractivity contribution is 7.19. The molecule has 0 saturated carbocycles. The molecule has 2 aromatic heterocycles. The summed E-state index contributed by atoms with van der Waals surface area (Å²) in [5.41, 5.74) is 20.7. The fourth-order valence-electron chi connectivity index (χ4n) is 12.9. The molecule has 0 N–H and O–H groups in total. The van der Waals surface area contributed by atoms with Crippen molar-refractivity contribution in [3.63, 3.8) is 0 Å². The van der Waals surface area contributed by atoms with Crippen molar-refractivity contribution in [2.24, 2.45) is 0 Å². The van der Waals surface area contributed by atoms with Crippen LogP contribution in [0.25, 0.3) is 95.0 Å². The minimum Gasteiger partial charge on any atom is -0.308 e. The average Bonchev–Trinajstić information content (AvgIpc) is 3.99. The summed E-state index contributed by atoms with van der Waals surface area (Å²) in [4.78, 5) is 16.1. The van der Waals surface area contributed by atoms with Crippen LogP contribution in [0, 0.1) is 41.5 Å². The molecule has 0 radical (unpaired) electrons. The number of hydrogen-bond donors (Lipinski definition) is 0. The van der Waals surface area contributed by atoms with E-state index < -0.39 is 8.07 Å². The molecule has 0 spiro atoms. The molecule has 11 aromatic carbocycles. The Balaban J connectivity index is 1.10. The molecule has 0 atom stereocenters. The normalized spacial score (nSPS) is 11.6. The zero-order valence-corrected chi connectivity index (χ0v) is 47.0. The van der Waals surface area contributed by atoms with Crippen LogP contribution < -0.4 is 20.7 Å². The Morgan fingerprint density at radius 1 is 0.287 bits per heavy atom. The van der Waals surface area contributed by atoms with E-state index in [0.717, 1.165) is 44.5 Å². The quantitative estimate of drug-likeness (QED) is 0.0958.